The van der Waals surface area contributed by atoms with Gasteiger partial charge in [0.1, 0.15) is 11.6 Å². The van der Waals surface area contributed by atoms with Crippen LogP contribution in [0.25, 0.3) is 17.1 Å². The molecule has 0 unspecified atom stereocenters. The molecule has 0 atom stereocenters. The largest absolute Gasteiger partial charge is 0.390 e. The number of imidazole rings is 1. The van der Waals surface area contributed by atoms with Crippen LogP contribution in [0.1, 0.15) is 54.7 Å². The number of benzene rings is 2. The fourth-order valence-electron chi connectivity index (χ4n) is 4.57. The van der Waals surface area contributed by atoms with Crippen LogP contribution in [0.3, 0.4) is 0 Å². The summed E-state index contributed by atoms with van der Waals surface area (Å²) in [5.41, 5.74) is 0.759. The molecule has 1 fully saturated rings. The van der Waals surface area contributed by atoms with Crippen LogP contribution in [0.15, 0.2) is 42.5 Å². The predicted molar refractivity (Wildman–Crippen MR) is 145 cm³/mol. The van der Waals surface area contributed by atoms with Crippen LogP contribution in [0.4, 0.5) is 4.39 Å². The van der Waals surface area contributed by atoms with Gasteiger partial charge in [0.2, 0.25) is 0 Å². The quantitative estimate of drug-likeness (QED) is 0.177. The molecule has 210 valence electrons. The normalized spacial score (nSPS) is 14.4. The fraction of sp³-hybridized carbons (Fsp3) is 0.385. The summed E-state index contributed by atoms with van der Waals surface area (Å²) in [5.74, 6) is -1.02. The van der Waals surface area contributed by atoms with E-state index in [1.54, 1.807) is 12.1 Å². The number of nitrogens with zero attached hydrogens (tertiary/aromatic N) is 3. The first-order valence-electron chi connectivity index (χ1n) is 12.4. The first-order valence-corrected chi connectivity index (χ1v) is 14.8. The number of hydrogen-bond acceptors (Lipinski definition) is 7. The highest BCUT2D eigenvalue weighted by Gasteiger charge is 2.31. The number of rotatable bonds is 10. The Morgan fingerprint density at radius 2 is 1.82 bits per heavy atom. The van der Waals surface area contributed by atoms with Gasteiger partial charge >= 0.3 is 10.1 Å². The molecule has 1 aliphatic rings. The summed E-state index contributed by atoms with van der Waals surface area (Å²) >= 11 is 12.5. The Morgan fingerprint density at radius 1 is 1.13 bits per heavy atom. The lowest BCUT2D eigenvalue weighted by Crippen LogP contribution is -2.39. The molecular formula is C26H28Cl2FN3O6S. The van der Waals surface area contributed by atoms with E-state index in [0.29, 0.717) is 34.2 Å². The Kier molecular flexibility index (Phi) is 9.50. The van der Waals surface area contributed by atoms with Gasteiger partial charge in [-0.3, -0.25) is 19.0 Å². The van der Waals surface area contributed by atoms with Crippen molar-refractivity contribution in [3.05, 3.63) is 63.9 Å². The summed E-state index contributed by atoms with van der Waals surface area (Å²) < 4.78 is 43.1. The number of aromatic nitrogens is 2. The molecule has 0 aliphatic heterocycles. The summed E-state index contributed by atoms with van der Waals surface area (Å²) in [6, 6.07) is 10.2. The minimum Gasteiger partial charge on any atom is -0.390 e. The highest BCUT2D eigenvalue weighted by atomic mass is 35.5. The van der Waals surface area contributed by atoms with Gasteiger partial charge in [0.05, 0.1) is 35.8 Å². The smallest absolute Gasteiger partial charge is 0.309 e. The second-order valence-electron chi connectivity index (χ2n) is 9.17. The second-order valence-corrected chi connectivity index (χ2v) is 11.7. The molecule has 4 rings (SSSR count). The third-order valence-corrected chi connectivity index (χ3v) is 8.25. The molecule has 1 heterocycles. The summed E-state index contributed by atoms with van der Waals surface area (Å²) in [7, 11) is -3.98. The van der Waals surface area contributed by atoms with Crippen molar-refractivity contribution < 1.29 is 32.1 Å². The minimum atomic E-state index is -3.98. The SMILES string of the molecule is O=C(c1nc(-c2ccc(Cl)cc2Cl)n(-c2ccc(OS(=O)(=O)CCCF)cc2)c1CO)N(O)C1CCCCC1. The van der Waals surface area contributed by atoms with E-state index >= 15 is 0 Å². The zero-order valence-electron chi connectivity index (χ0n) is 20.9. The highest BCUT2D eigenvalue weighted by Crippen LogP contribution is 2.35. The molecule has 1 saturated carbocycles. The van der Waals surface area contributed by atoms with Crippen molar-refractivity contribution in [3.63, 3.8) is 0 Å². The Labute approximate surface area is 235 Å². The Balaban J connectivity index is 1.78. The van der Waals surface area contributed by atoms with Crippen molar-refractivity contribution in [1.82, 2.24) is 14.6 Å². The van der Waals surface area contributed by atoms with E-state index in [1.807, 2.05) is 0 Å². The number of hydroxylamine groups is 2. The van der Waals surface area contributed by atoms with Gasteiger partial charge in [0.15, 0.2) is 5.69 Å². The molecule has 1 aliphatic carbocycles. The van der Waals surface area contributed by atoms with E-state index in [9.17, 15) is 27.9 Å². The average molecular weight is 600 g/mol. The maximum Gasteiger partial charge on any atom is 0.309 e. The molecule has 0 radical (unpaired) electrons. The first kappa shape index (κ1) is 29.3. The molecule has 0 bridgehead atoms. The lowest BCUT2D eigenvalue weighted by atomic mass is 9.95. The number of halogens is 3. The van der Waals surface area contributed by atoms with Gasteiger partial charge < -0.3 is 9.29 Å². The zero-order chi connectivity index (χ0) is 28.2. The Bertz CT molecular complexity index is 1430. The molecule has 2 N–H and O–H groups in total. The number of amides is 1. The number of carbonyl (C=O) groups excluding carboxylic acids is 1. The molecule has 1 aromatic heterocycles. The molecule has 13 heteroatoms. The maximum absolute atomic E-state index is 13.4. The van der Waals surface area contributed by atoms with E-state index in [4.69, 9.17) is 27.4 Å². The van der Waals surface area contributed by atoms with Crippen molar-refractivity contribution in [2.24, 2.45) is 0 Å². The molecular weight excluding hydrogens is 572 g/mol. The third kappa shape index (κ3) is 6.72. The number of aliphatic hydroxyl groups is 1. The van der Waals surface area contributed by atoms with E-state index in [1.165, 1.54) is 34.9 Å². The summed E-state index contributed by atoms with van der Waals surface area (Å²) in [4.78, 5) is 17.9. The van der Waals surface area contributed by atoms with Gasteiger partial charge in [-0.1, -0.05) is 42.5 Å². The molecule has 3 aromatic rings. The molecule has 39 heavy (non-hydrogen) atoms. The van der Waals surface area contributed by atoms with Gasteiger partial charge in [-0.05, 0) is 61.7 Å². The van der Waals surface area contributed by atoms with Gasteiger partial charge in [-0.15, -0.1) is 0 Å². The van der Waals surface area contributed by atoms with E-state index in [2.05, 4.69) is 4.98 Å². The van der Waals surface area contributed by atoms with Crippen LogP contribution in [0.5, 0.6) is 5.75 Å². The third-order valence-electron chi connectivity index (χ3n) is 6.47. The number of aliphatic hydroxyl groups excluding tert-OH is 1. The van der Waals surface area contributed by atoms with Gasteiger partial charge in [-0.2, -0.15) is 8.42 Å². The first-order chi connectivity index (χ1) is 18.6. The second kappa shape index (κ2) is 12.6. The van der Waals surface area contributed by atoms with Crippen LogP contribution >= 0.6 is 23.2 Å². The monoisotopic (exact) mass is 599 g/mol. The number of hydrogen-bond donors (Lipinski definition) is 2. The number of alkyl halides is 1. The van der Waals surface area contributed by atoms with E-state index < -0.39 is 35.1 Å². The molecule has 1 amide bonds. The van der Waals surface area contributed by atoms with Crippen molar-refractivity contribution in [1.29, 1.82) is 0 Å². The number of carbonyl (C=O) groups is 1. The standard InChI is InChI=1S/C26H28Cl2FN3O6S/c27-17-7-12-21(22(28)15-17)25-30-24(26(34)32(35)19-5-2-1-3-6-19)23(16-33)31(25)18-8-10-20(11-9-18)38-39(36,37)14-4-13-29/h7-12,15,19,33,35H,1-6,13-14,16H2. The average Bonchev–Trinajstić information content (AvgIpc) is 3.31. The Hall–Kier alpha value is -2.70. The van der Waals surface area contributed by atoms with E-state index in [-0.39, 0.29) is 40.4 Å². The molecule has 9 nitrogen and oxygen atoms in total. The summed E-state index contributed by atoms with van der Waals surface area (Å²) in [6.07, 6.45) is 3.94. The maximum atomic E-state index is 13.4. The van der Waals surface area contributed by atoms with Crippen molar-refractivity contribution in [2.75, 3.05) is 12.4 Å². The minimum absolute atomic E-state index is 0.00415. The molecule has 0 spiro atoms. The van der Waals surface area contributed by atoms with Crippen LogP contribution in [0, 0.1) is 0 Å². The van der Waals surface area contributed by atoms with Crippen LogP contribution in [0.2, 0.25) is 10.0 Å². The summed E-state index contributed by atoms with van der Waals surface area (Å²) in [6.45, 7) is -1.39. The molecule has 0 saturated heterocycles. The predicted octanol–water partition coefficient (Wildman–Crippen LogP) is 5.57. The van der Waals surface area contributed by atoms with Gasteiger partial charge in [-0.25, -0.2) is 10.0 Å². The fourth-order valence-corrected chi connectivity index (χ4v) is 6.01. The highest BCUT2D eigenvalue weighted by molar-refractivity contribution is 7.87. The lowest BCUT2D eigenvalue weighted by Gasteiger charge is -2.28. The van der Waals surface area contributed by atoms with Gasteiger partial charge in [0.25, 0.3) is 5.91 Å². The van der Waals surface area contributed by atoms with Crippen molar-refractivity contribution in [3.8, 4) is 22.8 Å². The lowest BCUT2D eigenvalue weighted by molar-refractivity contribution is -0.0968. The topological polar surface area (TPSA) is 122 Å². The van der Waals surface area contributed by atoms with Crippen LogP contribution in [-0.4, -0.2) is 57.7 Å². The van der Waals surface area contributed by atoms with E-state index in [0.717, 1.165) is 19.3 Å². The van der Waals surface area contributed by atoms with Crippen LogP contribution < -0.4 is 4.18 Å². The van der Waals surface area contributed by atoms with Crippen LogP contribution in [-0.2, 0) is 16.7 Å². The zero-order valence-corrected chi connectivity index (χ0v) is 23.2. The van der Waals surface area contributed by atoms with Crippen molar-refractivity contribution >= 4 is 39.2 Å². The van der Waals surface area contributed by atoms with Crippen molar-refractivity contribution in [2.45, 2.75) is 51.2 Å². The van der Waals surface area contributed by atoms with Gasteiger partial charge in [0, 0.05) is 16.3 Å². The molecule has 2 aromatic carbocycles. The summed E-state index contributed by atoms with van der Waals surface area (Å²) in [5, 5.41) is 22.4. The Morgan fingerprint density at radius 3 is 2.44 bits per heavy atom.